The van der Waals surface area contributed by atoms with Gasteiger partial charge in [0.25, 0.3) is 6.02 Å². The second-order valence-corrected chi connectivity index (χ2v) is 7.85. The van der Waals surface area contributed by atoms with Crippen molar-refractivity contribution in [2.45, 2.75) is 12.7 Å². The lowest BCUT2D eigenvalue weighted by Crippen LogP contribution is -2.47. The largest absolute Gasteiger partial charge is 0.426 e. The number of rotatable bonds is 5. The van der Waals surface area contributed by atoms with E-state index in [-0.39, 0.29) is 44.7 Å². The number of halogens is 4. The summed E-state index contributed by atoms with van der Waals surface area (Å²) in [5, 5.41) is 9.80. The normalized spacial score (nSPS) is 17.1. The lowest BCUT2D eigenvalue weighted by Gasteiger charge is -2.26. The Morgan fingerprint density at radius 3 is 2.47 bits per heavy atom. The number of amides is 3. The Hall–Kier alpha value is -3.31. The van der Waals surface area contributed by atoms with E-state index in [9.17, 15) is 27.9 Å². The van der Waals surface area contributed by atoms with Crippen LogP contribution in [0.4, 0.5) is 18.0 Å². The predicted octanol–water partition coefficient (Wildman–Crippen LogP) is 3.44. The van der Waals surface area contributed by atoms with Crippen LogP contribution in [0.25, 0.3) is 0 Å². The van der Waals surface area contributed by atoms with Gasteiger partial charge in [0, 0.05) is 25.2 Å². The third-order valence-corrected chi connectivity index (χ3v) is 5.18. The highest BCUT2D eigenvalue weighted by Crippen LogP contribution is 2.31. The number of imide groups is 1. The standard InChI is InChI=1S/C22H22ClF3N4O4/c1-28-19(32)13-30(12-15-5-7-17(23)8-6-15)20(27-14-29(9-10-31)21(28)33)34-18-4-2-3-16(11-18)22(24,25)26/h2-8,11,31H,9-10,12-14H2,1H3/b27-20+. The number of hydrogen-bond donors (Lipinski definition) is 1. The van der Waals surface area contributed by atoms with Crippen LogP contribution in [0, 0.1) is 0 Å². The first-order chi connectivity index (χ1) is 16.1. The summed E-state index contributed by atoms with van der Waals surface area (Å²) in [4.78, 5) is 33.1. The monoisotopic (exact) mass is 498 g/mol. The molecular weight excluding hydrogens is 477 g/mol. The number of β-amino-alcohol motifs (C(OH)–C–C–N with tert-alkyl or cyclic N) is 1. The molecule has 2 aromatic carbocycles. The molecule has 0 bridgehead atoms. The Bertz CT molecular complexity index is 1060. The number of aliphatic hydroxyl groups is 1. The second-order valence-electron chi connectivity index (χ2n) is 7.41. The highest BCUT2D eigenvalue weighted by Gasteiger charge is 2.32. The number of amidine groups is 1. The zero-order chi connectivity index (χ0) is 24.9. The molecule has 0 atom stereocenters. The molecule has 1 N–H and O–H groups in total. The highest BCUT2D eigenvalue weighted by molar-refractivity contribution is 6.30. The molecule has 8 nitrogen and oxygen atoms in total. The second kappa shape index (κ2) is 10.7. The first-order valence-electron chi connectivity index (χ1n) is 10.1. The van der Waals surface area contributed by atoms with Crippen LogP contribution in [0.5, 0.6) is 5.75 Å². The zero-order valence-electron chi connectivity index (χ0n) is 18.1. The smallest absolute Gasteiger partial charge is 0.416 e. The number of likely N-dealkylation sites (N-methyl/N-ethyl adjacent to an activating group) is 1. The summed E-state index contributed by atoms with van der Waals surface area (Å²) < 4.78 is 45.2. The number of urea groups is 1. The van der Waals surface area contributed by atoms with Gasteiger partial charge in [-0.25, -0.2) is 9.79 Å². The van der Waals surface area contributed by atoms with Gasteiger partial charge in [0.15, 0.2) is 0 Å². The molecule has 0 aromatic heterocycles. The lowest BCUT2D eigenvalue weighted by atomic mass is 10.2. The molecule has 0 unspecified atom stereocenters. The van der Waals surface area contributed by atoms with Crippen molar-refractivity contribution in [2.75, 3.05) is 33.4 Å². The number of hydrogen-bond acceptors (Lipinski definition) is 6. The molecule has 1 heterocycles. The summed E-state index contributed by atoms with van der Waals surface area (Å²) in [7, 11) is 1.30. The Kier molecular flexibility index (Phi) is 8.00. The number of nitrogens with zero attached hydrogens (tertiary/aromatic N) is 4. The van der Waals surface area contributed by atoms with Gasteiger partial charge in [-0.05, 0) is 35.9 Å². The molecular formula is C22H22ClF3N4O4. The number of carbonyl (C=O) groups is 2. The van der Waals surface area contributed by atoms with Crippen LogP contribution in [0.1, 0.15) is 11.1 Å². The Morgan fingerprint density at radius 2 is 1.82 bits per heavy atom. The van der Waals surface area contributed by atoms with Crippen LogP contribution in [0.15, 0.2) is 53.5 Å². The molecule has 34 heavy (non-hydrogen) atoms. The van der Waals surface area contributed by atoms with Gasteiger partial charge in [-0.3, -0.25) is 9.69 Å². The minimum Gasteiger partial charge on any atom is -0.426 e. The van der Waals surface area contributed by atoms with E-state index in [1.807, 2.05) is 0 Å². The van der Waals surface area contributed by atoms with E-state index >= 15 is 0 Å². The zero-order valence-corrected chi connectivity index (χ0v) is 18.9. The third kappa shape index (κ3) is 6.39. The minimum absolute atomic E-state index is 0.0999. The van der Waals surface area contributed by atoms with Crippen LogP contribution in [-0.4, -0.2) is 71.2 Å². The van der Waals surface area contributed by atoms with Crippen LogP contribution < -0.4 is 4.74 Å². The van der Waals surface area contributed by atoms with E-state index in [1.54, 1.807) is 24.3 Å². The summed E-state index contributed by atoms with van der Waals surface area (Å²) >= 11 is 5.94. The minimum atomic E-state index is -4.58. The van der Waals surface area contributed by atoms with E-state index in [1.165, 1.54) is 24.1 Å². The average Bonchev–Trinajstić information content (AvgIpc) is 2.83. The van der Waals surface area contributed by atoms with E-state index in [0.717, 1.165) is 27.5 Å². The van der Waals surface area contributed by atoms with Gasteiger partial charge in [0.1, 0.15) is 19.0 Å². The molecule has 1 aliphatic heterocycles. The highest BCUT2D eigenvalue weighted by atomic mass is 35.5. The maximum atomic E-state index is 13.2. The van der Waals surface area contributed by atoms with Crippen molar-refractivity contribution in [1.82, 2.24) is 14.7 Å². The van der Waals surface area contributed by atoms with Crippen molar-refractivity contribution in [3.8, 4) is 5.75 Å². The van der Waals surface area contributed by atoms with Gasteiger partial charge in [-0.1, -0.05) is 29.8 Å². The van der Waals surface area contributed by atoms with E-state index in [0.29, 0.717) is 5.02 Å². The maximum absolute atomic E-state index is 13.2. The van der Waals surface area contributed by atoms with Crippen LogP contribution in [0.2, 0.25) is 5.02 Å². The molecule has 1 aliphatic rings. The van der Waals surface area contributed by atoms with Crippen molar-refractivity contribution in [3.63, 3.8) is 0 Å². The van der Waals surface area contributed by atoms with E-state index < -0.39 is 23.7 Å². The van der Waals surface area contributed by atoms with Crippen molar-refractivity contribution in [1.29, 1.82) is 0 Å². The van der Waals surface area contributed by atoms with Crippen molar-refractivity contribution in [2.24, 2.45) is 4.99 Å². The quantitative estimate of drug-likeness (QED) is 0.682. The fourth-order valence-electron chi connectivity index (χ4n) is 3.12. The molecule has 2 aromatic rings. The van der Waals surface area contributed by atoms with Gasteiger partial charge in [0.2, 0.25) is 5.91 Å². The molecule has 12 heteroatoms. The number of aliphatic imine (C=N–C) groups is 1. The van der Waals surface area contributed by atoms with E-state index in [4.69, 9.17) is 16.3 Å². The van der Waals surface area contributed by atoms with Gasteiger partial charge in [-0.15, -0.1) is 0 Å². The Labute approximate surface area is 198 Å². The molecule has 0 aliphatic carbocycles. The molecule has 0 saturated heterocycles. The number of alkyl halides is 3. The Balaban J connectivity index is 2.00. The van der Waals surface area contributed by atoms with Crippen LogP contribution in [-0.2, 0) is 17.5 Å². The van der Waals surface area contributed by atoms with Crippen molar-refractivity contribution in [3.05, 3.63) is 64.7 Å². The summed E-state index contributed by atoms with van der Waals surface area (Å²) in [6, 6.07) is 10.2. The summed E-state index contributed by atoms with van der Waals surface area (Å²) in [6.45, 7) is -1.00. The number of aliphatic hydroxyl groups excluding tert-OH is 1. The fourth-order valence-corrected chi connectivity index (χ4v) is 3.25. The third-order valence-electron chi connectivity index (χ3n) is 4.93. The van der Waals surface area contributed by atoms with E-state index in [2.05, 4.69) is 4.99 Å². The first kappa shape index (κ1) is 25.3. The number of ether oxygens (including phenoxy) is 1. The number of carbonyl (C=O) groups excluding carboxylic acids is 2. The van der Waals surface area contributed by atoms with Gasteiger partial charge < -0.3 is 19.6 Å². The maximum Gasteiger partial charge on any atom is 0.416 e. The molecule has 3 amide bonds. The summed E-state index contributed by atoms with van der Waals surface area (Å²) in [5.41, 5.74) is -0.191. The Morgan fingerprint density at radius 1 is 1.12 bits per heavy atom. The van der Waals surface area contributed by atoms with Crippen molar-refractivity contribution < 1.29 is 32.6 Å². The topological polar surface area (TPSA) is 85.7 Å². The molecule has 0 saturated carbocycles. The van der Waals surface area contributed by atoms with Gasteiger partial charge in [0.05, 0.1) is 12.2 Å². The van der Waals surface area contributed by atoms with Crippen LogP contribution >= 0.6 is 11.6 Å². The number of benzene rings is 2. The van der Waals surface area contributed by atoms with Gasteiger partial charge >= 0.3 is 12.2 Å². The SMILES string of the molecule is CN1C(=O)CN(Cc2ccc(Cl)cc2)/C(Oc2cccc(C(F)(F)F)c2)=N\CN(CCO)C1=O. The molecule has 0 radical (unpaired) electrons. The average molecular weight is 499 g/mol. The molecule has 182 valence electrons. The van der Waals surface area contributed by atoms with Crippen molar-refractivity contribution >= 4 is 29.6 Å². The molecule has 0 fully saturated rings. The van der Waals surface area contributed by atoms with Gasteiger partial charge in [-0.2, -0.15) is 13.2 Å². The predicted molar refractivity (Wildman–Crippen MR) is 118 cm³/mol. The summed E-state index contributed by atoms with van der Waals surface area (Å²) in [5.74, 6) is -0.737. The van der Waals surface area contributed by atoms with Crippen LogP contribution in [0.3, 0.4) is 0 Å². The molecule has 0 spiro atoms. The first-order valence-corrected chi connectivity index (χ1v) is 10.5. The lowest BCUT2D eigenvalue weighted by molar-refractivity contribution is -0.137. The molecule has 3 rings (SSSR count). The summed E-state index contributed by atoms with van der Waals surface area (Å²) in [6.07, 6.45) is -4.58. The fraction of sp³-hybridized carbons (Fsp3) is 0.318.